The van der Waals surface area contributed by atoms with Crippen molar-refractivity contribution in [2.45, 2.75) is 19.4 Å². The Kier molecular flexibility index (Phi) is 4.56. The molecule has 3 heteroatoms. The highest BCUT2D eigenvalue weighted by atomic mass is 15.1. The molecule has 0 amide bonds. The summed E-state index contributed by atoms with van der Waals surface area (Å²) in [5.74, 6) is 0.446. The third-order valence-corrected chi connectivity index (χ3v) is 2.91. The molecule has 0 heterocycles. The first-order valence-electron chi connectivity index (χ1n) is 6.50. The normalized spacial score (nSPS) is 13.0. The Morgan fingerprint density at radius 3 is 2.21 bits per heavy atom. The average molecular weight is 253 g/mol. The van der Waals surface area contributed by atoms with Crippen molar-refractivity contribution >= 4 is 11.6 Å². The number of para-hydroxylation sites is 1. The molecule has 2 aromatic carbocycles. The molecule has 0 bridgehead atoms. The molecular formula is C16H19N3. The molecule has 98 valence electrons. The number of nitrogens with zero attached hydrogens (tertiary/aromatic N) is 1. The standard InChI is InChI=1S/C16H19N3/c1-2-15(13-9-5-3-6-10-13)19-16(17)18-14-11-7-4-8-12-14/h3-12,15H,2H2,1H3,(H3,17,18,19). The highest BCUT2D eigenvalue weighted by molar-refractivity contribution is 5.92. The lowest BCUT2D eigenvalue weighted by molar-refractivity contribution is 0.700. The minimum absolute atomic E-state index is 0.0948. The lowest BCUT2D eigenvalue weighted by Crippen LogP contribution is -2.23. The molecule has 3 nitrogen and oxygen atoms in total. The fourth-order valence-corrected chi connectivity index (χ4v) is 1.95. The molecule has 3 N–H and O–H groups in total. The van der Waals surface area contributed by atoms with Gasteiger partial charge in [-0.05, 0) is 24.1 Å². The van der Waals surface area contributed by atoms with E-state index in [1.54, 1.807) is 0 Å². The molecule has 2 rings (SSSR count). The molecule has 0 radical (unpaired) electrons. The van der Waals surface area contributed by atoms with Gasteiger partial charge in [-0.15, -0.1) is 0 Å². The molecule has 0 spiro atoms. The van der Waals surface area contributed by atoms with Gasteiger partial charge in [-0.3, -0.25) is 0 Å². The van der Waals surface area contributed by atoms with Crippen molar-refractivity contribution in [3.05, 3.63) is 66.2 Å². The average Bonchev–Trinajstić information content (AvgIpc) is 2.47. The Hall–Kier alpha value is -2.29. The van der Waals surface area contributed by atoms with Crippen LogP contribution < -0.4 is 11.1 Å². The molecule has 0 fully saturated rings. The maximum Gasteiger partial charge on any atom is 0.193 e. The first kappa shape index (κ1) is 13.1. The van der Waals surface area contributed by atoms with Crippen LogP contribution in [-0.2, 0) is 0 Å². The van der Waals surface area contributed by atoms with E-state index in [2.05, 4.69) is 29.4 Å². The molecular weight excluding hydrogens is 234 g/mol. The third-order valence-electron chi connectivity index (χ3n) is 2.91. The van der Waals surface area contributed by atoms with Crippen LogP contribution in [0.15, 0.2) is 65.7 Å². The SMILES string of the molecule is CCC(N=C(N)Nc1ccccc1)c1ccccc1. The van der Waals surface area contributed by atoms with Crippen molar-refractivity contribution < 1.29 is 0 Å². The summed E-state index contributed by atoms with van der Waals surface area (Å²) in [6.07, 6.45) is 0.918. The molecule has 0 aliphatic carbocycles. The van der Waals surface area contributed by atoms with Gasteiger partial charge in [0.05, 0.1) is 6.04 Å². The van der Waals surface area contributed by atoms with Crippen molar-refractivity contribution in [1.29, 1.82) is 0 Å². The molecule has 19 heavy (non-hydrogen) atoms. The van der Waals surface area contributed by atoms with E-state index in [9.17, 15) is 0 Å². The van der Waals surface area contributed by atoms with E-state index in [0.717, 1.165) is 12.1 Å². The van der Waals surface area contributed by atoms with E-state index in [4.69, 9.17) is 5.73 Å². The van der Waals surface area contributed by atoms with E-state index in [1.165, 1.54) is 5.56 Å². The van der Waals surface area contributed by atoms with Crippen molar-refractivity contribution in [2.75, 3.05) is 5.32 Å². The summed E-state index contributed by atoms with van der Waals surface area (Å²) in [5.41, 5.74) is 8.09. The highest BCUT2D eigenvalue weighted by Crippen LogP contribution is 2.20. The molecule has 1 atom stereocenters. The number of aliphatic imine (C=N–C) groups is 1. The minimum Gasteiger partial charge on any atom is -0.370 e. The number of guanidine groups is 1. The molecule has 2 aromatic rings. The topological polar surface area (TPSA) is 50.4 Å². The Bertz CT molecular complexity index is 520. The summed E-state index contributed by atoms with van der Waals surface area (Å²) in [6, 6.07) is 20.1. The summed E-state index contributed by atoms with van der Waals surface area (Å²) in [6.45, 7) is 2.11. The van der Waals surface area contributed by atoms with Gasteiger partial charge in [0.25, 0.3) is 0 Å². The number of benzene rings is 2. The van der Waals surface area contributed by atoms with Crippen LogP contribution in [0.4, 0.5) is 5.69 Å². The molecule has 0 aliphatic rings. The number of hydrogen-bond acceptors (Lipinski definition) is 1. The van der Waals surface area contributed by atoms with Crippen LogP contribution in [0.3, 0.4) is 0 Å². The van der Waals surface area contributed by atoms with Crippen molar-refractivity contribution in [1.82, 2.24) is 0 Å². The zero-order valence-corrected chi connectivity index (χ0v) is 11.1. The van der Waals surface area contributed by atoms with Crippen molar-refractivity contribution in [3.63, 3.8) is 0 Å². The monoisotopic (exact) mass is 253 g/mol. The van der Waals surface area contributed by atoms with E-state index in [-0.39, 0.29) is 6.04 Å². The van der Waals surface area contributed by atoms with Gasteiger partial charge in [0.15, 0.2) is 5.96 Å². The van der Waals surface area contributed by atoms with Gasteiger partial charge in [0.1, 0.15) is 0 Å². The first-order valence-corrected chi connectivity index (χ1v) is 6.50. The number of anilines is 1. The first-order chi connectivity index (χ1) is 9.29. The smallest absolute Gasteiger partial charge is 0.193 e. The Labute approximate surface area is 114 Å². The van der Waals surface area contributed by atoms with E-state index in [0.29, 0.717) is 5.96 Å². The number of nitrogens with one attached hydrogen (secondary N) is 1. The highest BCUT2D eigenvalue weighted by Gasteiger charge is 2.07. The Morgan fingerprint density at radius 1 is 1.05 bits per heavy atom. The van der Waals surface area contributed by atoms with Gasteiger partial charge < -0.3 is 11.1 Å². The lowest BCUT2D eigenvalue weighted by Gasteiger charge is -2.12. The van der Waals surface area contributed by atoms with Gasteiger partial charge in [0.2, 0.25) is 0 Å². The van der Waals surface area contributed by atoms with Crippen LogP contribution in [0.25, 0.3) is 0 Å². The fraction of sp³-hybridized carbons (Fsp3) is 0.188. The predicted octanol–water partition coefficient (Wildman–Crippen LogP) is 3.56. The summed E-state index contributed by atoms with van der Waals surface area (Å²) >= 11 is 0. The summed E-state index contributed by atoms with van der Waals surface area (Å²) in [4.78, 5) is 4.54. The van der Waals surface area contributed by atoms with Crippen LogP contribution in [0.2, 0.25) is 0 Å². The Morgan fingerprint density at radius 2 is 1.63 bits per heavy atom. The predicted molar refractivity (Wildman–Crippen MR) is 81.2 cm³/mol. The van der Waals surface area contributed by atoms with Crippen LogP contribution in [0.5, 0.6) is 0 Å². The van der Waals surface area contributed by atoms with Gasteiger partial charge in [-0.1, -0.05) is 55.5 Å². The van der Waals surface area contributed by atoms with Crippen LogP contribution in [0, 0.1) is 0 Å². The van der Waals surface area contributed by atoms with Crippen molar-refractivity contribution in [2.24, 2.45) is 10.7 Å². The maximum atomic E-state index is 5.96. The maximum absolute atomic E-state index is 5.96. The van der Waals surface area contributed by atoms with Crippen LogP contribution >= 0.6 is 0 Å². The second-order valence-corrected chi connectivity index (χ2v) is 4.34. The summed E-state index contributed by atoms with van der Waals surface area (Å²) < 4.78 is 0. The van der Waals surface area contributed by atoms with Crippen LogP contribution in [0.1, 0.15) is 24.9 Å². The van der Waals surface area contributed by atoms with Crippen molar-refractivity contribution in [3.8, 4) is 0 Å². The van der Waals surface area contributed by atoms with E-state index in [1.807, 2.05) is 48.5 Å². The van der Waals surface area contributed by atoms with Gasteiger partial charge in [0, 0.05) is 5.69 Å². The van der Waals surface area contributed by atoms with Crippen LogP contribution in [-0.4, -0.2) is 5.96 Å². The summed E-state index contributed by atoms with van der Waals surface area (Å²) in [7, 11) is 0. The lowest BCUT2D eigenvalue weighted by atomic mass is 10.1. The second-order valence-electron chi connectivity index (χ2n) is 4.34. The number of rotatable bonds is 4. The summed E-state index contributed by atoms with van der Waals surface area (Å²) in [5, 5.41) is 3.10. The van der Waals surface area contributed by atoms with E-state index < -0.39 is 0 Å². The molecule has 0 saturated heterocycles. The number of nitrogens with two attached hydrogens (primary N) is 1. The molecule has 0 aliphatic heterocycles. The third kappa shape index (κ3) is 3.85. The zero-order valence-electron chi connectivity index (χ0n) is 11.1. The quantitative estimate of drug-likeness (QED) is 0.646. The zero-order chi connectivity index (χ0) is 13.5. The molecule has 0 aromatic heterocycles. The molecule has 1 unspecified atom stereocenters. The van der Waals surface area contributed by atoms with Gasteiger partial charge >= 0.3 is 0 Å². The second kappa shape index (κ2) is 6.59. The van der Waals surface area contributed by atoms with E-state index >= 15 is 0 Å². The number of hydrogen-bond donors (Lipinski definition) is 2. The van der Waals surface area contributed by atoms with Gasteiger partial charge in [-0.2, -0.15) is 0 Å². The minimum atomic E-state index is 0.0948. The fourth-order valence-electron chi connectivity index (χ4n) is 1.95. The molecule has 0 saturated carbocycles. The Balaban J connectivity index is 2.10. The largest absolute Gasteiger partial charge is 0.370 e. The van der Waals surface area contributed by atoms with Gasteiger partial charge in [-0.25, -0.2) is 4.99 Å².